The summed E-state index contributed by atoms with van der Waals surface area (Å²) in [7, 11) is 0. The second-order valence-corrected chi connectivity index (χ2v) is 9.70. The van der Waals surface area contributed by atoms with Crippen molar-refractivity contribution >= 4 is 23.4 Å². The fourth-order valence-corrected chi connectivity index (χ4v) is 4.79. The summed E-state index contributed by atoms with van der Waals surface area (Å²) in [4.78, 5) is 44.9. The van der Waals surface area contributed by atoms with Crippen LogP contribution in [0, 0.1) is 5.92 Å². The molecule has 2 rings (SSSR count). The second kappa shape index (κ2) is 16.1. The first-order valence-corrected chi connectivity index (χ1v) is 13.2. The number of nitrogens with zero attached hydrogens (tertiary/aromatic N) is 2. The molecule has 36 heavy (non-hydrogen) atoms. The van der Waals surface area contributed by atoms with Gasteiger partial charge in [0.15, 0.2) is 17.5 Å². The number of guanidine groups is 1. The number of nitrogens with two attached hydrogens (primary N) is 3. The molecular formula is C27H44N6O3. The molecule has 0 aliphatic carbocycles. The largest absolute Gasteiger partial charge is 0.370 e. The van der Waals surface area contributed by atoms with Gasteiger partial charge in [0.25, 0.3) is 0 Å². The number of hydrogen-bond donors (Lipinski definition) is 4. The van der Waals surface area contributed by atoms with E-state index in [4.69, 9.17) is 17.2 Å². The minimum Gasteiger partial charge on any atom is -0.370 e. The average molecular weight is 501 g/mol. The van der Waals surface area contributed by atoms with Gasteiger partial charge in [-0.1, -0.05) is 36.8 Å². The Bertz CT molecular complexity index is 856. The Morgan fingerprint density at radius 2 is 1.86 bits per heavy atom. The summed E-state index contributed by atoms with van der Waals surface area (Å²) in [5.74, 6) is -0.721. The Morgan fingerprint density at radius 3 is 2.53 bits per heavy atom. The van der Waals surface area contributed by atoms with Crippen LogP contribution in [0.4, 0.5) is 0 Å². The topological polar surface area (TPSA) is 157 Å². The lowest BCUT2D eigenvalue weighted by Gasteiger charge is -2.26. The Hall–Kier alpha value is -2.78. The van der Waals surface area contributed by atoms with Crippen LogP contribution in [-0.4, -0.2) is 66.6 Å². The van der Waals surface area contributed by atoms with E-state index in [0.29, 0.717) is 32.4 Å². The number of benzene rings is 1. The van der Waals surface area contributed by atoms with Gasteiger partial charge in [-0.25, -0.2) is 0 Å². The molecule has 9 nitrogen and oxygen atoms in total. The van der Waals surface area contributed by atoms with Crippen LogP contribution in [-0.2, 0) is 20.8 Å². The highest BCUT2D eigenvalue weighted by atomic mass is 16.2. The monoisotopic (exact) mass is 500 g/mol. The van der Waals surface area contributed by atoms with Crippen molar-refractivity contribution in [2.75, 3.05) is 26.2 Å². The predicted octanol–water partition coefficient (Wildman–Crippen LogP) is 1.53. The molecule has 0 spiro atoms. The highest BCUT2D eigenvalue weighted by molar-refractivity contribution is 5.92. The molecule has 0 saturated carbocycles. The van der Waals surface area contributed by atoms with E-state index >= 15 is 0 Å². The second-order valence-electron chi connectivity index (χ2n) is 9.70. The molecule has 9 heteroatoms. The maximum absolute atomic E-state index is 13.4. The number of nitrogens with one attached hydrogen (secondary N) is 1. The van der Waals surface area contributed by atoms with Crippen molar-refractivity contribution in [3.63, 3.8) is 0 Å². The first-order valence-electron chi connectivity index (χ1n) is 13.2. The van der Waals surface area contributed by atoms with Crippen LogP contribution in [0.1, 0.15) is 63.9 Å². The van der Waals surface area contributed by atoms with Gasteiger partial charge in [-0.05, 0) is 70.5 Å². The highest BCUT2D eigenvalue weighted by Gasteiger charge is 2.33. The Kier molecular flexibility index (Phi) is 13.1. The molecule has 200 valence electrons. The molecule has 3 atom stereocenters. The number of ketones is 2. The van der Waals surface area contributed by atoms with E-state index in [1.807, 2.05) is 18.2 Å². The molecule has 1 aromatic carbocycles. The number of carbonyl (C=O) groups excluding carboxylic acids is 3. The summed E-state index contributed by atoms with van der Waals surface area (Å²) in [5, 5.41) is 2.89. The maximum Gasteiger partial charge on any atom is 0.224 e. The van der Waals surface area contributed by atoms with E-state index in [-0.39, 0.29) is 35.9 Å². The van der Waals surface area contributed by atoms with Crippen LogP contribution in [0.3, 0.4) is 0 Å². The maximum atomic E-state index is 13.4. The van der Waals surface area contributed by atoms with Crippen molar-refractivity contribution in [2.45, 2.75) is 76.8 Å². The molecule has 0 radical (unpaired) electrons. The molecular weight excluding hydrogens is 456 g/mol. The van der Waals surface area contributed by atoms with E-state index in [1.165, 1.54) is 12.5 Å². The zero-order valence-electron chi connectivity index (χ0n) is 21.7. The quantitative estimate of drug-likeness (QED) is 0.143. The fourth-order valence-electron chi connectivity index (χ4n) is 4.79. The van der Waals surface area contributed by atoms with Gasteiger partial charge in [0.05, 0.1) is 12.1 Å². The first kappa shape index (κ1) is 29.5. The average Bonchev–Trinajstić information content (AvgIpc) is 3.33. The van der Waals surface area contributed by atoms with Gasteiger partial charge >= 0.3 is 0 Å². The third-order valence-electron chi connectivity index (χ3n) is 6.84. The number of rotatable bonds is 17. The van der Waals surface area contributed by atoms with Gasteiger partial charge in [0.1, 0.15) is 0 Å². The lowest BCUT2D eigenvalue weighted by atomic mass is 9.91. The van der Waals surface area contributed by atoms with Gasteiger partial charge in [0.2, 0.25) is 5.91 Å². The number of amides is 1. The molecule has 0 aromatic heterocycles. The Labute approximate surface area is 215 Å². The molecule has 1 heterocycles. The summed E-state index contributed by atoms with van der Waals surface area (Å²) in [6.45, 7) is 4.12. The minimum absolute atomic E-state index is 0.00150. The number of Topliss-reactive ketones (excluding diaryl/α,β-unsaturated/α-hetero) is 2. The van der Waals surface area contributed by atoms with Crippen molar-refractivity contribution in [2.24, 2.45) is 28.1 Å². The minimum atomic E-state index is -0.618. The summed E-state index contributed by atoms with van der Waals surface area (Å²) in [6, 6.07) is 9.50. The molecule has 0 unspecified atom stereocenters. The van der Waals surface area contributed by atoms with Gasteiger partial charge < -0.3 is 22.5 Å². The van der Waals surface area contributed by atoms with Gasteiger partial charge in [-0.2, -0.15) is 0 Å². The van der Waals surface area contributed by atoms with Crippen LogP contribution in [0.25, 0.3) is 0 Å². The van der Waals surface area contributed by atoms with Crippen LogP contribution in [0.5, 0.6) is 0 Å². The SMILES string of the molecule is CC(=O)[C@H](CCCN=C(N)N)NC(=O)[C@H](CCCCN)CC(=O)[C@@H]1CCCN1CCc1ccccc1. The van der Waals surface area contributed by atoms with Gasteiger partial charge in [-0.3, -0.25) is 24.3 Å². The predicted molar refractivity (Wildman–Crippen MR) is 143 cm³/mol. The summed E-state index contributed by atoms with van der Waals surface area (Å²) >= 11 is 0. The van der Waals surface area contributed by atoms with Crippen LogP contribution >= 0.6 is 0 Å². The first-order chi connectivity index (χ1) is 17.3. The van der Waals surface area contributed by atoms with Gasteiger partial charge in [0, 0.05) is 25.4 Å². The standard InChI is InChI=1S/C27H44N6O3/c1-20(34)23(12-7-16-31-27(29)30)32-26(36)22(11-5-6-15-28)19-25(35)24-13-8-17-33(24)18-14-21-9-3-2-4-10-21/h2-4,9-10,22-24H,5-8,11-19,28H2,1H3,(H,32,36)(H4,29,30,31)/t22-,23+,24+/m1/s1. The number of likely N-dealkylation sites (tertiary alicyclic amines) is 1. The van der Waals surface area contributed by atoms with E-state index in [1.54, 1.807) is 0 Å². The van der Waals surface area contributed by atoms with Crippen molar-refractivity contribution in [1.29, 1.82) is 0 Å². The van der Waals surface area contributed by atoms with E-state index < -0.39 is 12.0 Å². The molecule has 1 fully saturated rings. The number of hydrogen-bond acceptors (Lipinski definition) is 6. The zero-order valence-corrected chi connectivity index (χ0v) is 21.7. The van der Waals surface area contributed by atoms with Crippen molar-refractivity contribution in [3.8, 4) is 0 Å². The molecule has 0 bridgehead atoms. The number of carbonyl (C=O) groups is 3. The molecule has 1 aromatic rings. The fraction of sp³-hybridized carbons (Fsp3) is 0.630. The zero-order chi connectivity index (χ0) is 26.3. The molecule has 7 N–H and O–H groups in total. The van der Waals surface area contributed by atoms with Gasteiger partial charge in [-0.15, -0.1) is 0 Å². The van der Waals surface area contributed by atoms with Crippen LogP contribution in [0.2, 0.25) is 0 Å². The lowest BCUT2D eigenvalue weighted by molar-refractivity contribution is -0.133. The molecule has 1 saturated heterocycles. The third-order valence-corrected chi connectivity index (χ3v) is 6.84. The van der Waals surface area contributed by atoms with Crippen LogP contribution < -0.4 is 22.5 Å². The molecule has 1 aliphatic heterocycles. The highest BCUT2D eigenvalue weighted by Crippen LogP contribution is 2.23. The Balaban J connectivity index is 1.98. The smallest absolute Gasteiger partial charge is 0.224 e. The molecule has 1 amide bonds. The number of unbranched alkanes of at least 4 members (excludes halogenated alkanes) is 1. The van der Waals surface area contributed by atoms with E-state index in [2.05, 4.69) is 27.3 Å². The lowest BCUT2D eigenvalue weighted by Crippen LogP contribution is -2.45. The van der Waals surface area contributed by atoms with E-state index in [0.717, 1.165) is 45.2 Å². The van der Waals surface area contributed by atoms with Crippen LogP contribution in [0.15, 0.2) is 35.3 Å². The van der Waals surface area contributed by atoms with Crippen molar-refractivity contribution in [3.05, 3.63) is 35.9 Å². The summed E-state index contributed by atoms with van der Waals surface area (Å²) in [5.41, 5.74) is 17.6. The summed E-state index contributed by atoms with van der Waals surface area (Å²) < 4.78 is 0. The van der Waals surface area contributed by atoms with E-state index in [9.17, 15) is 14.4 Å². The normalized spacial score (nSPS) is 17.3. The van der Waals surface area contributed by atoms with Crippen molar-refractivity contribution < 1.29 is 14.4 Å². The Morgan fingerprint density at radius 1 is 1.11 bits per heavy atom. The third kappa shape index (κ3) is 10.5. The molecule has 1 aliphatic rings. The van der Waals surface area contributed by atoms with Crippen molar-refractivity contribution in [1.82, 2.24) is 10.2 Å². The summed E-state index contributed by atoms with van der Waals surface area (Å²) in [6.07, 6.45) is 6.02. The number of aliphatic imine (C=N–C) groups is 1.